The predicted molar refractivity (Wildman–Crippen MR) is 227 cm³/mol. The molecular formula is C44H87N2O7P. The highest BCUT2D eigenvalue weighted by Gasteiger charge is 2.27. The molecule has 0 fully saturated rings. The van der Waals surface area contributed by atoms with Crippen molar-refractivity contribution in [2.75, 3.05) is 19.8 Å². The summed E-state index contributed by atoms with van der Waals surface area (Å²) in [6, 6.07) is -0.995. The number of nitrogens with one attached hydrogen (secondary N) is 1. The van der Waals surface area contributed by atoms with Crippen LogP contribution in [0.15, 0.2) is 24.3 Å². The van der Waals surface area contributed by atoms with Gasteiger partial charge in [-0.15, -0.1) is 0 Å². The van der Waals surface area contributed by atoms with Crippen LogP contribution >= 0.6 is 7.82 Å². The van der Waals surface area contributed by atoms with Gasteiger partial charge in [-0.3, -0.25) is 13.8 Å². The molecule has 0 radical (unpaired) electrons. The molecule has 54 heavy (non-hydrogen) atoms. The van der Waals surface area contributed by atoms with E-state index in [0.717, 1.165) is 32.1 Å². The highest BCUT2D eigenvalue weighted by molar-refractivity contribution is 7.47. The Morgan fingerprint density at radius 3 is 1.54 bits per heavy atom. The van der Waals surface area contributed by atoms with E-state index in [1.165, 1.54) is 148 Å². The summed E-state index contributed by atoms with van der Waals surface area (Å²) >= 11 is 0. The van der Waals surface area contributed by atoms with Gasteiger partial charge in [0.25, 0.3) is 0 Å². The molecule has 0 aliphatic heterocycles. The zero-order valence-electron chi connectivity index (χ0n) is 35.1. The fraction of sp³-hybridized carbons (Fsp3) is 0.886. The van der Waals surface area contributed by atoms with Crippen molar-refractivity contribution in [2.45, 2.75) is 231 Å². The Labute approximate surface area is 332 Å². The van der Waals surface area contributed by atoms with Crippen LogP contribution in [0.2, 0.25) is 0 Å². The van der Waals surface area contributed by atoms with E-state index in [4.69, 9.17) is 14.8 Å². The van der Waals surface area contributed by atoms with Crippen molar-refractivity contribution in [3.63, 3.8) is 0 Å². The zero-order valence-corrected chi connectivity index (χ0v) is 36.0. The van der Waals surface area contributed by atoms with Crippen LogP contribution in [0.1, 0.15) is 213 Å². The Morgan fingerprint density at radius 1 is 0.630 bits per heavy atom. The van der Waals surface area contributed by atoms with Crippen LogP contribution in [0, 0.1) is 0 Å². The van der Waals surface area contributed by atoms with E-state index in [9.17, 15) is 24.5 Å². The average Bonchev–Trinajstić information content (AvgIpc) is 3.15. The zero-order chi connectivity index (χ0) is 39.8. The van der Waals surface area contributed by atoms with Crippen LogP contribution in [0.25, 0.3) is 0 Å². The van der Waals surface area contributed by atoms with Crippen molar-refractivity contribution in [3.05, 3.63) is 24.3 Å². The van der Waals surface area contributed by atoms with Gasteiger partial charge in [0.1, 0.15) is 0 Å². The number of hydrogen-bond acceptors (Lipinski definition) is 7. The van der Waals surface area contributed by atoms with E-state index >= 15 is 0 Å². The van der Waals surface area contributed by atoms with Gasteiger partial charge >= 0.3 is 7.82 Å². The SMILES string of the molecule is CCCCCCCCC/C=C/CC/C=C/C(O)C(COP(=O)(O)OCCN)NC(=O)CC(O)CCCCCCCCCCCCCCCCCCCCC. The third-order valence-electron chi connectivity index (χ3n) is 10.1. The molecule has 0 saturated carbocycles. The molecule has 320 valence electrons. The topological polar surface area (TPSA) is 151 Å². The maximum Gasteiger partial charge on any atom is 0.472 e. The smallest absolute Gasteiger partial charge is 0.393 e. The summed E-state index contributed by atoms with van der Waals surface area (Å²) in [7, 11) is -4.40. The second-order valence-electron chi connectivity index (χ2n) is 15.4. The van der Waals surface area contributed by atoms with Gasteiger partial charge in [0.15, 0.2) is 0 Å². The van der Waals surface area contributed by atoms with Gasteiger partial charge in [-0.25, -0.2) is 4.57 Å². The average molecular weight is 787 g/mol. The van der Waals surface area contributed by atoms with Crippen molar-refractivity contribution >= 4 is 13.7 Å². The molecule has 4 atom stereocenters. The van der Waals surface area contributed by atoms with Crippen LogP contribution in [0.4, 0.5) is 0 Å². The lowest BCUT2D eigenvalue weighted by Crippen LogP contribution is -2.46. The first kappa shape index (κ1) is 52.9. The maximum atomic E-state index is 12.8. The van der Waals surface area contributed by atoms with Gasteiger partial charge in [0.2, 0.25) is 5.91 Å². The van der Waals surface area contributed by atoms with E-state index in [1.807, 2.05) is 6.08 Å². The first-order valence-corrected chi connectivity index (χ1v) is 24.0. The van der Waals surface area contributed by atoms with Crippen molar-refractivity contribution in [2.24, 2.45) is 5.73 Å². The second kappa shape index (κ2) is 40.1. The number of aliphatic hydroxyl groups excluding tert-OH is 2. The standard InChI is InChI=1S/C44H87N2O7P/c1-3-5-7-9-11-13-15-17-18-19-20-21-22-24-25-27-29-31-33-35-41(47)39-44(49)46-42(40-53-54(50,51)52-38-37-45)43(48)36-34-32-30-28-26-23-16-14-12-10-8-6-4-2/h26,28,34,36,41-43,47-48H,3-25,27,29-33,35,37-40,45H2,1-2H3,(H,46,49)(H,50,51)/b28-26+,36-34+. The molecule has 9 nitrogen and oxygen atoms in total. The van der Waals surface area contributed by atoms with Gasteiger partial charge < -0.3 is 26.2 Å². The maximum absolute atomic E-state index is 12.8. The summed E-state index contributed by atoms with van der Waals surface area (Å²) < 4.78 is 22.0. The monoisotopic (exact) mass is 787 g/mol. The van der Waals surface area contributed by atoms with Gasteiger partial charge in [-0.2, -0.15) is 0 Å². The second-order valence-corrected chi connectivity index (χ2v) is 16.9. The molecule has 0 aliphatic rings. The molecule has 0 rings (SSSR count). The molecule has 0 aliphatic carbocycles. The number of hydrogen-bond donors (Lipinski definition) is 5. The van der Waals surface area contributed by atoms with E-state index in [1.54, 1.807) is 6.08 Å². The molecule has 0 bridgehead atoms. The summed E-state index contributed by atoms with van der Waals surface area (Å²) in [6.07, 6.45) is 42.7. The van der Waals surface area contributed by atoms with E-state index in [2.05, 4.69) is 31.3 Å². The number of carbonyl (C=O) groups is 1. The predicted octanol–water partition coefficient (Wildman–Crippen LogP) is 11.5. The lowest BCUT2D eigenvalue weighted by Gasteiger charge is -2.24. The Kier molecular flexibility index (Phi) is 39.4. The summed E-state index contributed by atoms with van der Waals surface area (Å²) in [6.45, 7) is 3.95. The van der Waals surface area contributed by atoms with Crippen LogP contribution < -0.4 is 11.1 Å². The van der Waals surface area contributed by atoms with Crippen LogP contribution in [0.5, 0.6) is 0 Å². The third-order valence-corrected chi connectivity index (χ3v) is 11.1. The van der Waals surface area contributed by atoms with Crippen LogP contribution in [-0.2, 0) is 18.4 Å². The molecular weight excluding hydrogens is 699 g/mol. The molecule has 6 N–H and O–H groups in total. The molecule has 0 spiro atoms. The minimum Gasteiger partial charge on any atom is -0.393 e. The Bertz CT molecular complexity index is 919. The van der Waals surface area contributed by atoms with Gasteiger partial charge in [0, 0.05) is 6.54 Å². The van der Waals surface area contributed by atoms with Crippen LogP contribution in [0.3, 0.4) is 0 Å². The lowest BCUT2D eigenvalue weighted by molar-refractivity contribution is -0.124. The van der Waals surface area contributed by atoms with Crippen LogP contribution in [-0.4, -0.2) is 59.0 Å². The minimum atomic E-state index is -4.40. The number of carbonyl (C=O) groups excluding carboxylic acids is 1. The summed E-state index contributed by atoms with van der Waals surface area (Å²) in [5.41, 5.74) is 5.36. The normalized spacial score (nSPS) is 14.9. The molecule has 1 amide bonds. The highest BCUT2D eigenvalue weighted by atomic mass is 31.2. The first-order valence-electron chi connectivity index (χ1n) is 22.5. The molecule has 0 saturated heterocycles. The summed E-state index contributed by atoms with van der Waals surface area (Å²) in [5, 5.41) is 24.0. The number of allylic oxidation sites excluding steroid dienone is 3. The largest absolute Gasteiger partial charge is 0.472 e. The van der Waals surface area contributed by atoms with Gasteiger partial charge in [-0.05, 0) is 32.1 Å². The molecule has 0 aromatic carbocycles. The summed E-state index contributed by atoms with van der Waals surface area (Å²) in [5.74, 6) is -0.453. The minimum absolute atomic E-state index is 0.0460. The molecule has 4 unspecified atom stereocenters. The van der Waals surface area contributed by atoms with Crippen molar-refractivity contribution in [3.8, 4) is 0 Å². The van der Waals surface area contributed by atoms with E-state index in [-0.39, 0.29) is 19.6 Å². The molecule has 0 aromatic rings. The number of rotatable bonds is 42. The van der Waals surface area contributed by atoms with Gasteiger partial charge in [0.05, 0.1) is 37.9 Å². The Hall–Kier alpha value is -1.06. The quantitative estimate of drug-likeness (QED) is 0.0233. The van der Waals surface area contributed by atoms with Crippen molar-refractivity contribution in [1.29, 1.82) is 0 Å². The molecule has 10 heteroatoms. The van der Waals surface area contributed by atoms with Crippen molar-refractivity contribution < 1.29 is 33.5 Å². The first-order chi connectivity index (χ1) is 26.3. The van der Waals surface area contributed by atoms with Crippen molar-refractivity contribution in [1.82, 2.24) is 5.32 Å². The van der Waals surface area contributed by atoms with Gasteiger partial charge in [-0.1, -0.05) is 199 Å². The highest BCUT2D eigenvalue weighted by Crippen LogP contribution is 2.43. The number of amides is 1. The fourth-order valence-electron chi connectivity index (χ4n) is 6.66. The Balaban J connectivity index is 4.25. The number of unbranched alkanes of at least 4 members (excludes halogenated alkanes) is 26. The fourth-order valence-corrected chi connectivity index (χ4v) is 7.42. The number of phosphoric acid groups is 1. The third kappa shape index (κ3) is 37.8. The summed E-state index contributed by atoms with van der Waals surface area (Å²) in [4.78, 5) is 22.7. The van der Waals surface area contributed by atoms with E-state index < -0.39 is 38.6 Å². The number of phosphoric ester groups is 1. The van der Waals surface area contributed by atoms with E-state index in [0.29, 0.717) is 12.8 Å². The molecule has 0 heterocycles. The number of nitrogens with two attached hydrogens (primary N) is 1. The molecule has 0 aromatic heterocycles. The lowest BCUT2D eigenvalue weighted by atomic mass is 10.0. The Morgan fingerprint density at radius 2 is 1.06 bits per heavy atom. The number of aliphatic hydroxyl groups is 2.